The van der Waals surface area contributed by atoms with Gasteiger partial charge < -0.3 is 19.8 Å². The average molecular weight is 323 g/mol. The fourth-order valence-electron chi connectivity index (χ4n) is 3.12. The summed E-state index contributed by atoms with van der Waals surface area (Å²) in [5.74, 6) is 2.63. The lowest BCUT2D eigenvalue weighted by atomic mass is 10.1. The second kappa shape index (κ2) is 6.53. The van der Waals surface area contributed by atoms with Gasteiger partial charge in [-0.05, 0) is 18.5 Å². The van der Waals surface area contributed by atoms with Gasteiger partial charge in [0.15, 0.2) is 11.5 Å². The summed E-state index contributed by atoms with van der Waals surface area (Å²) in [4.78, 5) is 4.86. The van der Waals surface area contributed by atoms with Crippen LogP contribution in [0.15, 0.2) is 42.5 Å². The maximum absolute atomic E-state index is 5.73. The SMILES string of the molecule is NCCCn1c(Cc2ccccc2)nc2cc3c(cc21)OCCO3. The molecule has 0 bridgehead atoms. The molecule has 124 valence electrons. The molecule has 0 saturated heterocycles. The van der Waals surface area contributed by atoms with E-state index in [4.69, 9.17) is 20.2 Å². The van der Waals surface area contributed by atoms with Gasteiger partial charge in [-0.25, -0.2) is 4.98 Å². The molecule has 0 fully saturated rings. The molecule has 24 heavy (non-hydrogen) atoms. The van der Waals surface area contributed by atoms with E-state index in [2.05, 4.69) is 28.8 Å². The molecule has 4 rings (SSSR count). The van der Waals surface area contributed by atoms with Crippen LogP contribution in [-0.2, 0) is 13.0 Å². The quantitative estimate of drug-likeness (QED) is 0.784. The van der Waals surface area contributed by atoms with E-state index in [9.17, 15) is 0 Å². The summed E-state index contributed by atoms with van der Waals surface area (Å²) in [6, 6.07) is 14.4. The second-order valence-corrected chi connectivity index (χ2v) is 5.97. The maximum atomic E-state index is 5.73. The molecule has 1 aliphatic rings. The first-order valence-corrected chi connectivity index (χ1v) is 8.38. The van der Waals surface area contributed by atoms with Crippen LogP contribution in [0.4, 0.5) is 0 Å². The van der Waals surface area contributed by atoms with Crippen molar-refractivity contribution >= 4 is 11.0 Å². The van der Waals surface area contributed by atoms with Crippen LogP contribution in [0.25, 0.3) is 11.0 Å². The van der Waals surface area contributed by atoms with E-state index in [0.717, 1.165) is 47.7 Å². The van der Waals surface area contributed by atoms with Crippen LogP contribution in [0.2, 0.25) is 0 Å². The monoisotopic (exact) mass is 323 g/mol. The highest BCUT2D eigenvalue weighted by Gasteiger charge is 2.18. The van der Waals surface area contributed by atoms with E-state index >= 15 is 0 Å². The van der Waals surface area contributed by atoms with Crippen molar-refractivity contribution in [3.8, 4) is 11.5 Å². The molecule has 5 nitrogen and oxygen atoms in total. The first-order valence-electron chi connectivity index (χ1n) is 8.38. The smallest absolute Gasteiger partial charge is 0.163 e. The molecule has 1 aromatic heterocycles. The molecule has 0 amide bonds. The predicted octanol–water partition coefficient (Wildman–Crippen LogP) is 2.75. The number of imidazole rings is 1. The number of ether oxygens (including phenoxy) is 2. The summed E-state index contributed by atoms with van der Waals surface area (Å²) >= 11 is 0. The number of fused-ring (bicyclic) bond motifs is 2. The standard InChI is InChI=1S/C19H21N3O2/c20-7-4-8-22-16-13-18-17(23-9-10-24-18)12-15(16)21-19(22)11-14-5-2-1-3-6-14/h1-3,5-6,12-13H,4,7-11,20H2. The van der Waals surface area contributed by atoms with Crippen molar-refractivity contribution in [2.45, 2.75) is 19.4 Å². The van der Waals surface area contributed by atoms with Crippen LogP contribution in [0, 0.1) is 0 Å². The van der Waals surface area contributed by atoms with E-state index in [1.807, 2.05) is 18.2 Å². The molecule has 0 unspecified atom stereocenters. The van der Waals surface area contributed by atoms with Gasteiger partial charge in [0.2, 0.25) is 0 Å². The van der Waals surface area contributed by atoms with Crippen molar-refractivity contribution < 1.29 is 9.47 Å². The molecule has 2 N–H and O–H groups in total. The van der Waals surface area contributed by atoms with Crippen LogP contribution in [0.1, 0.15) is 17.8 Å². The fourth-order valence-corrected chi connectivity index (χ4v) is 3.12. The number of hydrogen-bond acceptors (Lipinski definition) is 4. The maximum Gasteiger partial charge on any atom is 0.163 e. The molecular formula is C19H21N3O2. The molecule has 0 aliphatic carbocycles. The number of aryl methyl sites for hydroxylation is 1. The Bertz CT molecular complexity index is 843. The topological polar surface area (TPSA) is 62.3 Å². The summed E-state index contributed by atoms with van der Waals surface area (Å²) in [5, 5.41) is 0. The molecule has 3 aromatic rings. The minimum absolute atomic E-state index is 0.587. The van der Waals surface area contributed by atoms with E-state index in [1.165, 1.54) is 5.56 Å². The molecule has 2 aromatic carbocycles. The average Bonchev–Trinajstić information content (AvgIpc) is 2.94. The van der Waals surface area contributed by atoms with Gasteiger partial charge in [0.1, 0.15) is 19.0 Å². The molecular weight excluding hydrogens is 302 g/mol. The zero-order chi connectivity index (χ0) is 16.4. The lowest BCUT2D eigenvalue weighted by Gasteiger charge is -2.18. The largest absolute Gasteiger partial charge is 0.486 e. The van der Waals surface area contributed by atoms with Crippen LogP contribution >= 0.6 is 0 Å². The summed E-state index contributed by atoms with van der Waals surface area (Å²) in [5.41, 5.74) is 9.00. The number of benzene rings is 2. The molecule has 5 heteroatoms. The first kappa shape index (κ1) is 15.0. The Morgan fingerprint density at radius 2 is 1.79 bits per heavy atom. The third-order valence-corrected chi connectivity index (χ3v) is 4.28. The molecule has 0 saturated carbocycles. The van der Waals surface area contributed by atoms with Crippen molar-refractivity contribution in [1.82, 2.24) is 9.55 Å². The molecule has 2 heterocycles. The highest BCUT2D eigenvalue weighted by molar-refractivity contribution is 5.81. The Morgan fingerprint density at radius 3 is 2.54 bits per heavy atom. The fraction of sp³-hybridized carbons (Fsp3) is 0.316. The highest BCUT2D eigenvalue weighted by Crippen LogP contribution is 2.35. The molecule has 0 atom stereocenters. The second-order valence-electron chi connectivity index (χ2n) is 5.97. The number of hydrogen-bond donors (Lipinski definition) is 1. The lowest BCUT2D eigenvalue weighted by molar-refractivity contribution is 0.172. The van der Waals surface area contributed by atoms with Crippen LogP contribution in [-0.4, -0.2) is 29.3 Å². The zero-order valence-corrected chi connectivity index (χ0v) is 13.6. The Kier molecular flexibility index (Phi) is 4.09. The van der Waals surface area contributed by atoms with E-state index in [0.29, 0.717) is 19.8 Å². The Balaban J connectivity index is 1.79. The first-order chi connectivity index (χ1) is 11.8. The molecule has 1 aliphatic heterocycles. The van der Waals surface area contributed by atoms with Gasteiger partial charge in [-0.2, -0.15) is 0 Å². The predicted molar refractivity (Wildman–Crippen MR) is 93.6 cm³/mol. The van der Waals surface area contributed by atoms with E-state index < -0.39 is 0 Å². The summed E-state index contributed by atoms with van der Waals surface area (Å²) in [6.45, 7) is 2.69. The number of nitrogens with zero attached hydrogens (tertiary/aromatic N) is 2. The van der Waals surface area contributed by atoms with Crippen molar-refractivity contribution in [2.75, 3.05) is 19.8 Å². The summed E-state index contributed by atoms with van der Waals surface area (Å²) < 4.78 is 13.7. The summed E-state index contributed by atoms with van der Waals surface area (Å²) in [6.07, 6.45) is 1.72. The van der Waals surface area contributed by atoms with E-state index in [1.54, 1.807) is 0 Å². The van der Waals surface area contributed by atoms with Crippen LogP contribution in [0.5, 0.6) is 11.5 Å². The number of nitrogens with two attached hydrogens (primary N) is 1. The van der Waals surface area contributed by atoms with Gasteiger partial charge in [-0.1, -0.05) is 30.3 Å². The highest BCUT2D eigenvalue weighted by atomic mass is 16.6. The Hall–Kier alpha value is -2.53. The van der Waals surface area contributed by atoms with Gasteiger partial charge >= 0.3 is 0 Å². The van der Waals surface area contributed by atoms with Crippen LogP contribution < -0.4 is 15.2 Å². The zero-order valence-electron chi connectivity index (χ0n) is 13.6. The third-order valence-electron chi connectivity index (χ3n) is 4.28. The van der Waals surface area contributed by atoms with Gasteiger partial charge in [-0.3, -0.25) is 0 Å². The summed E-state index contributed by atoms with van der Waals surface area (Å²) in [7, 11) is 0. The number of aromatic nitrogens is 2. The van der Waals surface area contributed by atoms with Crippen molar-refractivity contribution in [3.63, 3.8) is 0 Å². The van der Waals surface area contributed by atoms with Gasteiger partial charge in [0.05, 0.1) is 11.0 Å². The number of rotatable bonds is 5. The Labute approximate surface area is 141 Å². The van der Waals surface area contributed by atoms with E-state index in [-0.39, 0.29) is 0 Å². The van der Waals surface area contributed by atoms with Gasteiger partial charge in [-0.15, -0.1) is 0 Å². The van der Waals surface area contributed by atoms with Gasteiger partial charge in [0.25, 0.3) is 0 Å². The molecule has 0 spiro atoms. The normalized spacial score (nSPS) is 13.4. The third kappa shape index (κ3) is 2.83. The minimum atomic E-state index is 0.587. The molecule has 0 radical (unpaired) electrons. The minimum Gasteiger partial charge on any atom is -0.486 e. The van der Waals surface area contributed by atoms with Gasteiger partial charge in [0, 0.05) is 25.1 Å². The van der Waals surface area contributed by atoms with Crippen molar-refractivity contribution in [3.05, 3.63) is 53.9 Å². The van der Waals surface area contributed by atoms with Crippen LogP contribution in [0.3, 0.4) is 0 Å². The van der Waals surface area contributed by atoms with Crippen molar-refractivity contribution in [2.24, 2.45) is 5.73 Å². The Morgan fingerprint density at radius 1 is 1.04 bits per heavy atom. The van der Waals surface area contributed by atoms with Crippen molar-refractivity contribution in [1.29, 1.82) is 0 Å². The lowest BCUT2D eigenvalue weighted by Crippen LogP contribution is -2.15.